The van der Waals surface area contributed by atoms with Crippen molar-refractivity contribution in [3.63, 3.8) is 0 Å². The molecule has 1 aliphatic rings. The number of aliphatic hydroxyl groups excluding tert-OH is 1. The lowest BCUT2D eigenvalue weighted by atomic mass is 9.88. The van der Waals surface area contributed by atoms with Crippen molar-refractivity contribution in [1.29, 1.82) is 0 Å². The van der Waals surface area contributed by atoms with E-state index in [0.717, 1.165) is 47.3 Å². The van der Waals surface area contributed by atoms with E-state index in [9.17, 15) is 9.90 Å². The van der Waals surface area contributed by atoms with Gasteiger partial charge < -0.3 is 29.4 Å². The molecule has 2 atom stereocenters. The third kappa shape index (κ3) is 9.91. The van der Waals surface area contributed by atoms with Crippen molar-refractivity contribution < 1.29 is 28.8 Å². The number of nitrogens with one attached hydrogen (secondary N) is 1. The number of esters is 1. The summed E-state index contributed by atoms with van der Waals surface area (Å²) in [4.78, 5) is 11.7. The van der Waals surface area contributed by atoms with Gasteiger partial charge in [-0.05, 0) is 90.3 Å². The molecule has 0 aromatic heterocycles. The number of hydrogen-bond donors (Lipinski definition) is 2. The number of aliphatic hydroxyl groups is 1. The van der Waals surface area contributed by atoms with Gasteiger partial charge in [0.2, 0.25) is 0 Å². The molecule has 7 heteroatoms. The highest BCUT2D eigenvalue weighted by Crippen LogP contribution is 2.28. The van der Waals surface area contributed by atoms with Crippen molar-refractivity contribution in [3.05, 3.63) is 130 Å². The van der Waals surface area contributed by atoms with Crippen molar-refractivity contribution in [1.82, 2.24) is 5.32 Å². The summed E-state index contributed by atoms with van der Waals surface area (Å²) in [5.41, 5.74) is 6.59. The van der Waals surface area contributed by atoms with E-state index in [0.29, 0.717) is 45.1 Å². The Kier molecular flexibility index (Phi) is 12.0. The molecule has 0 saturated carbocycles. The van der Waals surface area contributed by atoms with E-state index in [1.54, 1.807) is 6.92 Å². The van der Waals surface area contributed by atoms with Crippen LogP contribution in [-0.4, -0.2) is 43.5 Å². The van der Waals surface area contributed by atoms with E-state index < -0.39 is 6.10 Å². The van der Waals surface area contributed by atoms with E-state index in [1.165, 1.54) is 11.1 Å². The number of rotatable bonds is 16. The van der Waals surface area contributed by atoms with Crippen molar-refractivity contribution in [2.24, 2.45) is 0 Å². The summed E-state index contributed by atoms with van der Waals surface area (Å²) >= 11 is 0. The molecule has 0 saturated heterocycles. The lowest BCUT2D eigenvalue weighted by Crippen LogP contribution is -2.37. The maximum absolute atomic E-state index is 11.7. The van der Waals surface area contributed by atoms with Gasteiger partial charge in [0.25, 0.3) is 0 Å². The van der Waals surface area contributed by atoms with Gasteiger partial charge in [0.1, 0.15) is 18.1 Å². The van der Waals surface area contributed by atoms with Crippen LogP contribution in [0.2, 0.25) is 0 Å². The van der Waals surface area contributed by atoms with Crippen molar-refractivity contribution in [3.8, 4) is 11.5 Å². The molecule has 1 aliphatic carbocycles. The highest BCUT2D eigenvalue weighted by molar-refractivity contribution is 5.71. The van der Waals surface area contributed by atoms with Crippen LogP contribution in [0.3, 0.4) is 0 Å². The van der Waals surface area contributed by atoms with Gasteiger partial charge >= 0.3 is 5.97 Å². The molecule has 0 unspecified atom stereocenters. The normalized spacial score (nSPS) is 14.8. The Morgan fingerprint density at radius 2 is 1.64 bits per heavy atom. The smallest absolute Gasteiger partial charge is 0.344 e. The number of aryl methyl sites for hydroxylation is 1. The Labute approximate surface area is 266 Å². The Balaban J connectivity index is 1.18. The molecule has 0 bridgehead atoms. The summed E-state index contributed by atoms with van der Waals surface area (Å²) in [5, 5.41) is 14.8. The fourth-order valence-electron chi connectivity index (χ4n) is 5.56. The van der Waals surface area contributed by atoms with Gasteiger partial charge in [-0.3, -0.25) is 0 Å². The lowest BCUT2D eigenvalue weighted by Gasteiger charge is -2.27. The largest absolute Gasteiger partial charge is 0.489 e. The fraction of sp³-hybridized carbons (Fsp3) is 0.342. The monoisotopic (exact) mass is 609 g/mol. The molecule has 4 aromatic carbocycles. The standard InChI is InChI=1S/C38H43NO6/c1-2-43-38(41)27-44-35-17-14-30-13-16-34(22-33(30)23-35)39-24-36(40)31-15-18-37(45-26-29-11-7-4-8-12-29)32(21-31)19-20-42-25-28-9-5-3-6-10-28/h3-12,14-15,17-18,21,23,34,36,39-40H,2,13,16,19-20,22,24-27H2,1H3/t34-,36+/m0/s1. The first kappa shape index (κ1) is 32.2. The average molecular weight is 610 g/mol. The topological polar surface area (TPSA) is 86.3 Å². The highest BCUT2D eigenvalue weighted by atomic mass is 16.6. The maximum Gasteiger partial charge on any atom is 0.344 e. The summed E-state index contributed by atoms with van der Waals surface area (Å²) in [7, 11) is 0. The minimum absolute atomic E-state index is 0.0995. The van der Waals surface area contributed by atoms with Gasteiger partial charge in [-0.1, -0.05) is 72.8 Å². The zero-order valence-electron chi connectivity index (χ0n) is 26.0. The van der Waals surface area contributed by atoms with Crippen LogP contribution in [0, 0.1) is 0 Å². The molecule has 0 fully saturated rings. The van der Waals surface area contributed by atoms with Crippen LogP contribution in [0.5, 0.6) is 11.5 Å². The molecular formula is C38H43NO6. The second-order valence-electron chi connectivity index (χ2n) is 11.3. The summed E-state index contributed by atoms with van der Waals surface area (Å²) in [6.07, 6.45) is 2.76. The fourth-order valence-corrected chi connectivity index (χ4v) is 5.56. The van der Waals surface area contributed by atoms with Crippen molar-refractivity contribution in [2.75, 3.05) is 26.4 Å². The van der Waals surface area contributed by atoms with Crippen LogP contribution in [0.25, 0.3) is 0 Å². The van der Waals surface area contributed by atoms with Gasteiger partial charge in [0.15, 0.2) is 6.61 Å². The van der Waals surface area contributed by atoms with E-state index in [4.69, 9.17) is 18.9 Å². The van der Waals surface area contributed by atoms with Crippen LogP contribution >= 0.6 is 0 Å². The maximum atomic E-state index is 11.7. The molecule has 4 aromatic rings. The quantitative estimate of drug-likeness (QED) is 0.116. The number of ether oxygens (including phenoxy) is 4. The van der Waals surface area contributed by atoms with Gasteiger partial charge in [0.05, 0.1) is 25.9 Å². The molecule has 0 aliphatic heterocycles. The second kappa shape index (κ2) is 16.8. The molecule has 7 nitrogen and oxygen atoms in total. The molecule has 5 rings (SSSR count). The van der Waals surface area contributed by atoms with E-state index in [2.05, 4.69) is 23.5 Å². The van der Waals surface area contributed by atoms with Gasteiger partial charge in [-0.25, -0.2) is 4.79 Å². The van der Waals surface area contributed by atoms with Crippen LogP contribution in [0.1, 0.15) is 52.8 Å². The Hall–Kier alpha value is -4.17. The van der Waals surface area contributed by atoms with Crippen LogP contribution in [0.4, 0.5) is 0 Å². The van der Waals surface area contributed by atoms with E-state index in [-0.39, 0.29) is 18.6 Å². The molecule has 0 amide bonds. The molecule has 236 valence electrons. The number of hydrogen-bond acceptors (Lipinski definition) is 7. The molecule has 45 heavy (non-hydrogen) atoms. The summed E-state index contributed by atoms with van der Waals surface area (Å²) in [6, 6.07) is 32.4. The Bertz CT molecular complexity index is 1490. The molecule has 0 heterocycles. The number of carbonyl (C=O) groups is 1. The van der Waals surface area contributed by atoms with Gasteiger partial charge in [0, 0.05) is 12.6 Å². The predicted octanol–water partition coefficient (Wildman–Crippen LogP) is 6.15. The van der Waals surface area contributed by atoms with E-state index >= 15 is 0 Å². The van der Waals surface area contributed by atoms with Crippen molar-refractivity contribution in [2.45, 2.75) is 58.0 Å². The summed E-state index contributed by atoms with van der Waals surface area (Å²) in [5.74, 6) is 1.09. The number of fused-ring (bicyclic) bond motifs is 1. The first-order chi connectivity index (χ1) is 22.1. The Morgan fingerprint density at radius 1 is 0.889 bits per heavy atom. The zero-order chi connectivity index (χ0) is 31.3. The van der Waals surface area contributed by atoms with Gasteiger partial charge in [-0.2, -0.15) is 0 Å². The van der Waals surface area contributed by atoms with Crippen LogP contribution in [0.15, 0.2) is 97.1 Å². The second-order valence-corrected chi connectivity index (χ2v) is 11.3. The van der Waals surface area contributed by atoms with Crippen LogP contribution < -0.4 is 14.8 Å². The summed E-state index contributed by atoms with van der Waals surface area (Å²) in [6.45, 7) is 4.02. The minimum atomic E-state index is -0.669. The predicted molar refractivity (Wildman–Crippen MR) is 174 cm³/mol. The molecule has 2 N–H and O–H groups in total. The number of carbonyl (C=O) groups excluding carboxylic acids is 1. The molecule has 0 spiro atoms. The first-order valence-electron chi connectivity index (χ1n) is 15.8. The average Bonchev–Trinajstić information content (AvgIpc) is 3.08. The SMILES string of the molecule is CCOC(=O)COc1ccc2c(c1)C[C@@H](NC[C@@H](O)c1ccc(OCc3ccccc3)c(CCOCc3ccccc3)c1)CC2. The lowest BCUT2D eigenvalue weighted by molar-refractivity contribution is -0.145. The molecular weight excluding hydrogens is 566 g/mol. The van der Waals surface area contributed by atoms with Crippen LogP contribution in [-0.2, 0) is 46.7 Å². The van der Waals surface area contributed by atoms with E-state index in [1.807, 2.05) is 78.9 Å². The summed E-state index contributed by atoms with van der Waals surface area (Å²) < 4.78 is 22.8. The van der Waals surface area contributed by atoms with Crippen molar-refractivity contribution >= 4 is 5.97 Å². The third-order valence-corrected chi connectivity index (χ3v) is 8.00. The highest BCUT2D eigenvalue weighted by Gasteiger charge is 2.21. The molecule has 0 radical (unpaired) electrons. The van der Waals surface area contributed by atoms with Gasteiger partial charge in [-0.15, -0.1) is 0 Å². The zero-order valence-corrected chi connectivity index (χ0v) is 26.0. The Morgan fingerprint density at radius 3 is 2.40 bits per heavy atom. The number of benzene rings is 4. The minimum Gasteiger partial charge on any atom is -0.489 e. The first-order valence-corrected chi connectivity index (χ1v) is 15.8. The third-order valence-electron chi connectivity index (χ3n) is 8.00.